The van der Waals surface area contributed by atoms with E-state index >= 15 is 0 Å². The summed E-state index contributed by atoms with van der Waals surface area (Å²) >= 11 is 3.26. The van der Waals surface area contributed by atoms with Crippen LogP contribution in [0.2, 0.25) is 0 Å². The average Bonchev–Trinajstić information content (AvgIpc) is 2.17. The third kappa shape index (κ3) is 4.75. The molecule has 0 atom stereocenters. The lowest BCUT2D eigenvalue weighted by Crippen LogP contribution is -2.47. The van der Waals surface area contributed by atoms with Crippen LogP contribution in [0.4, 0.5) is 11.6 Å². The molecule has 0 aliphatic heterocycles. The zero-order valence-electron chi connectivity index (χ0n) is 10.4. The summed E-state index contributed by atoms with van der Waals surface area (Å²) in [5.74, 6) is 0.840. The summed E-state index contributed by atoms with van der Waals surface area (Å²) in [7, 11) is -3.26. The molecule has 0 unspecified atom stereocenters. The molecule has 102 valence electrons. The van der Waals surface area contributed by atoms with E-state index in [0.29, 0.717) is 22.7 Å². The average molecular weight is 338 g/mol. The molecule has 0 aromatic carbocycles. The number of sulfonamides is 1. The third-order valence-electron chi connectivity index (χ3n) is 1.98. The van der Waals surface area contributed by atoms with Crippen molar-refractivity contribution in [3.8, 4) is 0 Å². The first kappa shape index (κ1) is 15.1. The minimum Gasteiger partial charge on any atom is -0.383 e. The van der Waals surface area contributed by atoms with E-state index in [9.17, 15) is 8.42 Å². The van der Waals surface area contributed by atoms with E-state index in [1.165, 1.54) is 6.33 Å². The maximum absolute atomic E-state index is 11.2. The van der Waals surface area contributed by atoms with Gasteiger partial charge in [-0.15, -0.1) is 0 Å². The Balaban J connectivity index is 2.73. The first-order valence-corrected chi connectivity index (χ1v) is 7.78. The highest BCUT2D eigenvalue weighted by atomic mass is 79.9. The standard InChI is InChI=1S/C9H16BrN5O2S/c1-9(2,15-18(3,16)17)4-12-8-6(10)7(11)13-5-14-8/h5,15H,4H2,1-3H3,(H3,11,12,13,14). The van der Waals surface area contributed by atoms with Crippen LogP contribution in [-0.2, 0) is 10.0 Å². The molecule has 0 amide bonds. The molecule has 0 spiro atoms. The molecule has 1 aromatic heterocycles. The van der Waals surface area contributed by atoms with Gasteiger partial charge in [-0.3, -0.25) is 0 Å². The van der Waals surface area contributed by atoms with Gasteiger partial charge >= 0.3 is 0 Å². The number of rotatable bonds is 5. The fraction of sp³-hybridized carbons (Fsp3) is 0.556. The normalized spacial score (nSPS) is 12.4. The van der Waals surface area contributed by atoms with Crippen molar-refractivity contribution in [1.29, 1.82) is 0 Å². The highest BCUT2D eigenvalue weighted by Gasteiger charge is 2.22. The van der Waals surface area contributed by atoms with Crippen LogP contribution in [0.5, 0.6) is 0 Å². The predicted molar refractivity (Wildman–Crippen MR) is 74.7 cm³/mol. The third-order valence-corrected chi connectivity index (χ3v) is 3.68. The number of anilines is 2. The second-order valence-electron chi connectivity index (χ2n) is 4.53. The Morgan fingerprint density at radius 1 is 1.44 bits per heavy atom. The molecule has 0 saturated carbocycles. The number of aromatic nitrogens is 2. The van der Waals surface area contributed by atoms with E-state index in [1.807, 2.05) is 0 Å². The zero-order chi connectivity index (χ0) is 14.0. The number of hydrogen-bond donors (Lipinski definition) is 3. The number of nitrogens with two attached hydrogens (primary N) is 1. The molecule has 0 fully saturated rings. The number of halogens is 1. The first-order chi connectivity index (χ1) is 8.11. The van der Waals surface area contributed by atoms with E-state index in [1.54, 1.807) is 13.8 Å². The quantitative estimate of drug-likeness (QED) is 0.724. The highest BCUT2D eigenvalue weighted by molar-refractivity contribution is 9.10. The molecular formula is C9H16BrN5O2S. The van der Waals surface area contributed by atoms with Gasteiger partial charge in [-0.25, -0.2) is 23.1 Å². The van der Waals surface area contributed by atoms with Gasteiger partial charge in [0.25, 0.3) is 0 Å². The second-order valence-corrected chi connectivity index (χ2v) is 7.07. The minimum absolute atomic E-state index is 0.321. The number of hydrogen-bond acceptors (Lipinski definition) is 6. The molecule has 1 rings (SSSR count). The second kappa shape index (κ2) is 5.37. The number of nitrogens with zero attached hydrogens (tertiary/aromatic N) is 2. The summed E-state index contributed by atoms with van der Waals surface area (Å²) in [5.41, 5.74) is 4.97. The van der Waals surface area contributed by atoms with Crippen molar-refractivity contribution in [3.05, 3.63) is 10.8 Å². The minimum atomic E-state index is -3.26. The molecule has 9 heteroatoms. The topological polar surface area (TPSA) is 110 Å². The molecule has 0 aliphatic rings. The Morgan fingerprint density at radius 3 is 2.61 bits per heavy atom. The molecule has 0 aliphatic carbocycles. The Kier molecular flexibility index (Phi) is 4.51. The van der Waals surface area contributed by atoms with Crippen molar-refractivity contribution in [2.75, 3.05) is 23.9 Å². The van der Waals surface area contributed by atoms with Gasteiger partial charge in [-0.1, -0.05) is 0 Å². The summed E-state index contributed by atoms with van der Waals surface area (Å²) in [4.78, 5) is 7.82. The molecule has 1 aromatic rings. The first-order valence-electron chi connectivity index (χ1n) is 5.09. The Bertz CT molecular complexity index is 532. The van der Waals surface area contributed by atoms with Crippen LogP contribution in [0.25, 0.3) is 0 Å². The summed E-state index contributed by atoms with van der Waals surface area (Å²) in [6.07, 6.45) is 2.45. The van der Waals surface area contributed by atoms with Gasteiger partial charge < -0.3 is 11.1 Å². The highest BCUT2D eigenvalue weighted by Crippen LogP contribution is 2.24. The van der Waals surface area contributed by atoms with Gasteiger partial charge in [0.2, 0.25) is 10.0 Å². The number of nitrogens with one attached hydrogen (secondary N) is 2. The summed E-state index contributed by atoms with van der Waals surface area (Å²) in [5, 5.41) is 3.01. The molecule has 4 N–H and O–H groups in total. The smallest absolute Gasteiger partial charge is 0.209 e. The predicted octanol–water partition coefficient (Wildman–Crippen LogP) is 0.561. The largest absolute Gasteiger partial charge is 0.383 e. The van der Waals surface area contributed by atoms with Crippen molar-refractivity contribution in [2.24, 2.45) is 0 Å². The van der Waals surface area contributed by atoms with Crippen molar-refractivity contribution < 1.29 is 8.42 Å². The maximum Gasteiger partial charge on any atom is 0.209 e. The van der Waals surface area contributed by atoms with Gasteiger partial charge in [0.1, 0.15) is 22.4 Å². The molecular weight excluding hydrogens is 322 g/mol. The van der Waals surface area contributed by atoms with Crippen LogP contribution in [-0.4, -0.2) is 36.7 Å². The summed E-state index contributed by atoms with van der Waals surface area (Å²) in [6.45, 7) is 3.88. The van der Waals surface area contributed by atoms with E-state index in [0.717, 1.165) is 6.26 Å². The summed E-state index contributed by atoms with van der Waals surface area (Å²) < 4.78 is 25.4. The van der Waals surface area contributed by atoms with Gasteiger partial charge in [0.05, 0.1) is 6.26 Å². The van der Waals surface area contributed by atoms with Crippen LogP contribution in [0, 0.1) is 0 Å². The van der Waals surface area contributed by atoms with Crippen molar-refractivity contribution in [3.63, 3.8) is 0 Å². The van der Waals surface area contributed by atoms with E-state index in [-0.39, 0.29) is 0 Å². The lowest BCUT2D eigenvalue weighted by Gasteiger charge is -2.25. The molecule has 18 heavy (non-hydrogen) atoms. The zero-order valence-corrected chi connectivity index (χ0v) is 12.8. The van der Waals surface area contributed by atoms with Crippen molar-refractivity contribution in [1.82, 2.24) is 14.7 Å². The van der Waals surface area contributed by atoms with Crippen molar-refractivity contribution in [2.45, 2.75) is 19.4 Å². The molecule has 0 radical (unpaired) electrons. The fourth-order valence-corrected chi connectivity index (χ4v) is 2.77. The van der Waals surface area contributed by atoms with Crippen LogP contribution < -0.4 is 15.8 Å². The van der Waals surface area contributed by atoms with Crippen LogP contribution in [0.1, 0.15) is 13.8 Å². The Morgan fingerprint density at radius 2 is 2.06 bits per heavy atom. The van der Waals surface area contributed by atoms with Crippen LogP contribution >= 0.6 is 15.9 Å². The van der Waals surface area contributed by atoms with E-state index in [4.69, 9.17) is 5.73 Å². The lowest BCUT2D eigenvalue weighted by molar-refractivity contribution is 0.476. The van der Waals surface area contributed by atoms with E-state index in [2.05, 4.69) is 35.9 Å². The monoisotopic (exact) mass is 337 g/mol. The summed E-state index contributed by atoms with van der Waals surface area (Å²) in [6, 6.07) is 0. The SMILES string of the molecule is CC(C)(CNc1ncnc(N)c1Br)NS(C)(=O)=O. The van der Waals surface area contributed by atoms with Gasteiger partial charge in [-0.2, -0.15) is 0 Å². The fourth-order valence-electron chi connectivity index (χ4n) is 1.35. The number of nitrogen functional groups attached to an aromatic ring is 1. The Labute approximate surface area is 115 Å². The molecule has 0 saturated heterocycles. The van der Waals surface area contributed by atoms with Gasteiger partial charge in [0, 0.05) is 12.1 Å². The molecule has 0 bridgehead atoms. The van der Waals surface area contributed by atoms with E-state index < -0.39 is 15.6 Å². The maximum atomic E-state index is 11.2. The Hall–Kier alpha value is -0.930. The lowest BCUT2D eigenvalue weighted by atomic mass is 10.1. The van der Waals surface area contributed by atoms with Crippen molar-refractivity contribution >= 4 is 37.6 Å². The van der Waals surface area contributed by atoms with Gasteiger partial charge in [0.15, 0.2) is 0 Å². The van der Waals surface area contributed by atoms with Crippen LogP contribution in [0.15, 0.2) is 10.8 Å². The molecule has 1 heterocycles. The van der Waals surface area contributed by atoms with Crippen LogP contribution in [0.3, 0.4) is 0 Å². The molecule has 7 nitrogen and oxygen atoms in total. The van der Waals surface area contributed by atoms with Gasteiger partial charge in [-0.05, 0) is 29.8 Å².